The highest BCUT2D eigenvalue weighted by molar-refractivity contribution is 5.79. The lowest BCUT2D eigenvalue weighted by molar-refractivity contribution is -0.123. The summed E-state index contributed by atoms with van der Waals surface area (Å²) in [4.78, 5) is 14.3. The van der Waals surface area contributed by atoms with Crippen LogP contribution in [0.4, 0.5) is 0 Å². The van der Waals surface area contributed by atoms with Gasteiger partial charge in [-0.15, -0.1) is 0 Å². The van der Waals surface area contributed by atoms with Gasteiger partial charge < -0.3 is 10.6 Å². The molecular formula is C16H28N4O. The van der Waals surface area contributed by atoms with Gasteiger partial charge in [-0.3, -0.25) is 9.69 Å². The third-order valence-corrected chi connectivity index (χ3v) is 4.68. The van der Waals surface area contributed by atoms with Crippen LogP contribution in [0.15, 0.2) is 0 Å². The van der Waals surface area contributed by atoms with E-state index in [4.69, 9.17) is 0 Å². The maximum absolute atomic E-state index is 12.2. The Morgan fingerprint density at radius 2 is 2.14 bits per heavy atom. The van der Waals surface area contributed by atoms with E-state index < -0.39 is 5.54 Å². The quantitative estimate of drug-likeness (QED) is 0.800. The Labute approximate surface area is 128 Å². The summed E-state index contributed by atoms with van der Waals surface area (Å²) >= 11 is 0. The number of piperidine rings is 1. The van der Waals surface area contributed by atoms with Crippen molar-refractivity contribution in [1.29, 1.82) is 5.26 Å². The van der Waals surface area contributed by atoms with Crippen LogP contribution in [0.3, 0.4) is 0 Å². The van der Waals surface area contributed by atoms with Crippen molar-refractivity contribution in [1.82, 2.24) is 15.5 Å². The highest BCUT2D eigenvalue weighted by Crippen LogP contribution is 2.27. The molecule has 0 radical (unpaired) electrons. The number of rotatable bonds is 5. The molecule has 5 heteroatoms. The van der Waals surface area contributed by atoms with Gasteiger partial charge in [-0.25, -0.2) is 0 Å². The molecule has 0 aromatic carbocycles. The number of carbonyl (C=O) groups excluding carboxylic acids is 1. The minimum Gasteiger partial charge on any atom is -0.337 e. The third kappa shape index (κ3) is 4.98. The molecule has 1 unspecified atom stereocenters. The largest absolute Gasteiger partial charge is 0.337 e. The minimum absolute atomic E-state index is 0.00952. The molecule has 21 heavy (non-hydrogen) atoms. The first-order chi connectivity index (χ1) is 10.1. The summed E-state index contributed by atoms with van der Waals surface area (Å²) in [6.45, 7) is 3.50. The zero-order chi connectivity index (χ0) is 15.1. The molecule has 2 fully saturated rings. The van der Waals surface area contributed by atoms with Crippen LogP contribution in [0.25, 0.3) is 0 Å². The summed E-state index contributed by atoms with van der Waals surface area (Å²) in [5.74, 6) is 0.626. The molecule has 118 valence electrons. The second kappa shape index (κ2) is 7.77. The van der Waals surface area contributed by atoms with Crippen molar-refractivity contribution in [3.05, 3.63) is 0 Å². The summed E-state index contributed by atoms with van der Waals surface area (Å²) < 4.78 is 0. The van der Waals surface area contributed by atoms with Crippen molar-refractivity contribution < 1.29 is 4.79 Å². The van der Waals surface area contributed by atoms with E-state index >= 15 is 0 Å². The molecule has 0 bridgehead atoms. The minimum atomic E-state index is -0.609. The van der Waals surface area contributed by atoms with Gasteiger partial charge in [-0.1, -0.05) is 19.3 Å². The predicted molar refractivity (Wildman–Crippen MR) is 82.7 cm³/mol. The number of hydrogen-bond acceptors (Lipinski definition) is 4. The predicted octanol–water partition coefficient (Wildman–Crippen LogP) is 1.26. The molecule has 2 N–H and O–H groups in total. The average molecular weight is 292 g/mol. The zero-order valence-electron chi connectivity index (χ0n) is 13.2. The van der Waals surface area contributed by atoms with E-state index in [-0.39, 0.29) is 5.91 Å². The van der Waals surface area contributed by atoms with Crippen LogP contribution in [0.5, 0.6) is 0 Å². The van der Waals surface area contributed by atoms with Gasteiger partial charge in [0, 0.05) is 6.54 Å². The Kier molecular flexibility index (Phi) is 6.01. The molecule has 1 aliphatic carbocycles. The fourth-order valence-electron chi connectivity index (χ4n) is 3.56. The van der Waals surface area contributed by atoms with Gasteiger partial charge in [0.1, 0.15) is 5.54 Å². The number of nitrogens with zero attached hydrogens (tertiary/aromatic N) is 2. The monoisotopic (exact) mass is 292 g/mol. The van der Waals surface area contributed by atoms with Crippen LogP contribution in [-0.4, -0.2) is 49.6 Å². The Hall–Kier alpha value is -1.12. The molecule has 1 heterocycles. The lowest BCUT2D eigenvalue weighted by Gasteiger charge is -2.33. The summed E-state index contributed by atoms with van der Waals surface area (Å²) in [5.41, 5.74) is -0.609. The van der Waals surface area contributed by atoms with Gasteiger partial charge in [-0.2, -0.15) is 5.26 Å². The third-order valence-electron chi connectivity index (χ3n) is 4.68. The van der Waals surface area contributed by atoms with Crippen molar-refractivity contribution in [3.63, 3.8) is 0 Å². The highest BCUT2D eigenvalue weighted by atomic mass is 16.2. The zero-order valence-corrected chi connectivity index (χ0v) is 13.2. The van der Waals surface area contributed by atoms with Gasteiger partial charge in [0.2, 0.25) is 5.91 Å². The van der Waals surface area contributed by atoms with Crippen molar-refractivity contribution in [2.75, 3.05) is 33.2 Å². The number of nitrogens with one attached hydrogen (secondary N) is 2. The molecule has 1 saturated heterocycles. The molecule has 1 amide bonds. The highest BCUT2D eigenvalue weighted by Gasteiger charge is 2.33. The van der Waals surface area contributed by atoms with Gasteiger partial charge in [0.15, 0.2) is 0 Å². The van der Waals surface area contributed by atoms with Crippen molar-refractivity contribution >= 4 is 5.91 Å². The summed E-state index contributed by atoms with van der Waals surface area (Å²) in [5, 5.41) is 15.8. The van der Waals surface area contributed by atoms with E-state index in [2.05, 4.69) is 21.6 Å². The van der Waals surface area contributed by atoms with Crippen LogP contribution < -0.4 is 10.6 Å². The molecule has 0 spiro atoms. The Bertz CT molecular complexity index is 378. The number of hydrogen-bond donors (Lipinski definition) is 2. The van der Waals surface area contributed by atoms with Gasteiger partial charge >= 0.3 is 0 Å². The second-order valence-electron chi connectivity index (χ2n) is 6.71. The molecule has 2 rings (SSSR count). The summed E-state index contributed by atoms with van der Waals surface area (Å²) in [6.07, 6.45) is 7.31. The van der Waals surface area contributed by atoms with E-state index in [9.17, 15) is 10.1 Å². The van der Waals surface area contributed by atoms with E-state index in [1.807, 2.05) is 7.05 Å². The van der Waals surface area contributed by atoms with Crippen molar-refractivity contribution in [3.8, 4) is 6.07 Å². The Morgan fingerprint density at radius 1 is 1.38 bits per heavy atom. The van der Waals surface area contributed by atoms with E-state index in [0.29, 0.717) is 12.5 Å². The lowest BCUT2D eigenvalue weighted by atomic mass is 9.83. The molecule has 5 nitrogen and oxygen atoms in total. The van der Waals surface area contributed by atoms with Crippen LogP contribution in [-0.2, 0) is 4.79 Å². The first kappa shape index (κ1) is 16.3. The first-order valence-electron chi connectivity index (χ1n) is 8.25. The normalized spacial score (nSPS) is 25.3. The van der Waals surface area contributed by atoms with Crippen LogP contribution >= 0.6 is 0 Å². The van der Waals surface area contributed by atoms with Gasteiger partial charge in [0.05, 0.1) is 12.6 Å². The van der Waals surface area contributed by atoms with Crippen LogP contribution in [0.1, 0.15) is 44.9 Å². The molecule has 1 saturated carbocycles. The first-order valence-corrected chi connectivity index (χ1v) is 8.25. The molecule has 1 atom stereocenters. The van der Waals surface area contributed by atoms with Gasteiger partial charge in [0.25, 0.3) is 0 Å². The van der Waals surface area contributed by atoms with Crippen LogP contribution in [0, 0.1) is 17.2 Å². The molecule has 0 aromatic heterocycles. The second-order valence-corrected chi connectivity index (χ2v) is 6.71. The smallest absolute Gasteiger partial charge is 0.235 e. The molecule has 0 aromatic rings. The molecular weight excluding hydrogens is 264 g/mol. The van der Waals surface area contributed by atoms with E-state index in [0.717, 1.165) is 45.3 Å². The number of nitriles is 1. The Balaban J connectivity index is 1.76. The fourth-order valence-corrected chi connectivity index (χ4v) is 3.56. The summed E-state index contributed by atoms with van der Waals surface area (Å²) in [7, 11) is 1.99. The Morgan fingerprint density at radius 3 is 2.76 bits per heavy atom. The molecule has 1 aliphatic heterocycles. The average Bonchev–Trinajstić information content (AvgIpc) is 2.48. The van der Waals surface area contributed by atoms with E-state index in [1.165, 1.54) is 19.3 Å². The van der Waals surface area contributed by atoms with Crippen molar-refractivity contribution in [2.45, 2.75) is 50.5 Å². The molecule has 2 aliphatic rings. The topological polar surface area (TPSA) is 68.2 Å². The lowest BCUT2D eigenvalue weighted by Crippen LogP contribution is -2.51. The number of likely N-dealkylation sites (N-methyl/N-ethyl adjacent to an activating group) is 1. The number of carbonyl (C=O) groups is 1. The maximum atomic E-state index is 12.2. The number of amides is 1. The summed E-state index contributed by atoms with van der Waals surface area (Å²) in [6, 6.07) is 2.34. The SMILES string of the molecule is CN(CC(=O)NC1(C#N)CCCCC1)CC1CCCNC1. The standard InChI is InChI=1S/C16H28N4O/c1-20(11-14-6-5-9-18-10-14)12-15(21)19-16(13-17)7-3-2-4-8-16/h14,18H,2-12H2,1H3,(H,19,21). The fraction of sp³-hybridized carbons (Fsp3) is 0.875. The van der Waals surface area contributed by atoms with Gasteiger partial charge in [-0.05, 0) is 51.7 Å². The maximum Gasteiger partial charge on any atom is 0.235 e. The van der Waals surface area contributed by atoms with E-state index in [1.54, 1.807) is 0 Å². The van der Waals surface area contributed by atoms with Crippen molar-refractivity contribution in [2.24, 2.45) is 5.92 Å². The van der Waals surface area contributed by atoms with Crippen LogP contribution in [0.2, 0.25) is 0 Å².